The molecule has 0 saturated heterocycles. The fourth-order valence-electron chi connectivity index (χ4n) is 2.33. The molecule has 0 heterocycles. The first-order chi connectivity index (χ1) is 11.8. The first kappa shape index (κ1) is 19.4. The number of hydrogen-bond donors (Lipinski definition) is 2. The van der Waals surface area contributed by atoms with E-state index in [2.05, 4.69) is 5.32 Å². The van der Waals surface area contributed by atoms with Gasteiger partial charge in [0.25, 0.3) is 0 Å². The van der Waals surface area contributed by atoms with Crippen molar-refractivity contribution in [2.75, 3.05) is 6.54 Å². The van der Waals surface area contributed by atoms with Gasteiger partial charge in [-0.3, -0.25) is 4.79 Å². The molecule has 134 valence electrons. The summed E-state index contributed by atoms with van der Waals surface area (Å²) in [5, 5.41) is 8.62. The van der Waals surface area contributed by atoms with E-state index in [1.165, 1.54) is 12.1 Å². The maximum absolute atomic E-state index is 11.9. The van der Waals surface area contributed by atoms with Gasteiger partial charge in [-0.15, -0.1) is 0 Å². The van der Waals surface area contributed by atoms with Crippen LogP contribution < -0.4 is 10.5 Å². The zero-order valence-electron chi connectivity index (χ0n) is 14.0. The standard InChI is InChI=1S/C18H21ClN2O3S/c1-13-2-3-15(12-17(13)19)6-9-18(22)21-11-10-14-4-7-16(8-5-14)25(20,23)24/h2-5,7-8,12H,6,9-11H2,1H3,(H,21,22)(H2,20,23,24). The fourth-order valence-corrected chi connectivity index (χ4v) is 3.05. The molecule has 2 rings (SSSR count). The Labute approximate surface area is 153 Å². The normalized spacial score (nSPS) is 11.3. The Kier molecular flexibility index (Phi) is 6.58. The Balaban J connectivity index is 1.75. The molecule has 0 saturated carbocycles. The molecule has 0 bridgehead atoms. The van der Waals surface area contributed by atoms with Gasteiger partial charge in [0.1, 0.15) is 0 Å². The van der Waals surface area contributed by atoms with Gasteiger partial charge < -0.3 is 5.32 Å². The second-order valence-corrected chi connectivity index (χ2v) is 7.84. The van der Waals surface area contributed by atoms with Crippen LogP contribution >= 0.6 is 11.6 Å². The zero-order valence-corrected chi connectivity index (χ0v) is 15.5. The Morgan fingerprint density at radius 3 is 2.32 bits per heavy atom. The van der Waals surface area contributed by atoms with E-state index in [9.17, 15) is 13.2 Å². The highest BCUT2D eigenvalue weighted by Crippen LogP contribution is 2.17. The van der Waals surface area contributed by atoms with Crippen molar-refractivity contribution >= 4 is 27.5 Å². The number of hydrogen-bond acceptors (Lipinski definition) is 3. The molecule has 0 aliphatic rings. The molecule has 7 heteroatoms. The molecule has 0 unspecified atom stereocenters. The number of halogens is 1. The van der Waals surface area contributed by atoms with Gasteiger partial charge in [-0.05, 0) is 54.7 Å². The second-order valence-electron chi connectivity index (χ2n) is 5.87. The van der Waals surface area contributed by atoms with Crippen molar-refractivity contribution < 1.29 is 13.2 Å². The van der Waals surface area contributed by atoms with Crippen LogP contribution in [0, 0.1) is 6.92 Å². The smallest absolute Gasteiger partial charge is 0.238 e. The highest BCUT2D eigenvalue weighted by molar-refractivity contribution is 7.89. The van der Waals surface area contributed by atoms with Crippen molar-refractivity contribution in [3.05, 3.63) is 64.2 Å². The topological polar surface area (TPSA) is 89.3 Å². The Morgan fingerprint density at radius 1 is 1.08 bits per heavy atom. The summed E-state index contributed by atoms with van der Waals surface area (Å²) in [5.41, 5.74) is 2.98. The lowest BCUT2D eigenvalue weighted by Crippen LogP contribution is -2.25. The molecule has 0 radical (unpaired) electrons. The Morgan fingerprint density at radius 2 is 1.72 bits per heavy atom. The molecule has 5 nitrogen and oxygen atoms in total. The highest BCUT2D eigenvalue weighted by Gasteiger charge is 2.07. The van der Waals surface area contributed by atoms with E-state index in [4.69, 9.17) is 16.7 Å². The molecular formula is C18H21ClN2O3S. The number of amides is 1. The van der Waals surface area contributed by atoms with Crippen LogP contribution in [0.3, 0.4) is 0 Å². The lowest BCUT2D eigenvalue weighted by molar-refractivity contribution is -0.121. The quantitative estimate of drug-likeness (QED) is 0.773. The average molecular weight is 381 g/mol. The van der Waals surface area contributed by atoms with Crippen molar-refractivity contribution in [3.8, 4) is 0 Å². The fraction of sp³-hybridized carbons (Fsp3) is 0.278. The van der Waals surface area contributed by atoms with Crippen molar-refractivity contribution in [3.63, 3.8) is 0 Å². The van der Waals surface area contributed by atoms with Crippen LogP contribution in [0.5, 0.6) is 0 Å². The van der Waals surface area contributed by atoms with E-state index in [1.807, 2.05) is 25.1 Å². The molecule has 1 amide bonds. The molecule has 25 heavy (non-hydrogen) atoms. The minimum absolute atomic E-state index is 0.0298. The van der Waals surface area contributed by atoms with Crippen LogP contribution in [0.1, 0.15) is 23.1 Å². The van der Waals surface area contributed by atoms with E-state index in [0.717, 1.165) is 16.7 Å². The molecule has 0 aliphatic heterocycles. The largest absolute Gasteiger partial charge is 0.356 e. The Bertz CT molecular complexity index is 849. The van der Waals surface area contributed by atoms with Crippen LogP contribution in [0.4, 0.5) is 0 Å². The first-order valence-electron chi connectivity index (χ1n) is 7.89. The van der Waals surface area contributed by atoms with Crippen molar-refractivity contribution in [1.29, 1.82) is 0 Å². The van der Waals surface area contributed by atoms with Gasteiger partial charge in [-0.1, -0.05) is 35.9 Å². The van der Waals surface area contributed by atoms with Crippen LogP contribution in [0.25, 0.3) is 0 Å². The van der Waals surface area contributed by atoms with Gasteiger partial charge in [0.2, 0.25) is 15.9 Å². The van der Waals surface area contributed by atoms with Gasteiger partial charge >= 0.3 is 0 Å². The molecular weight excluding hydrogens is 360 g/mol. The number of aryl methyl sites for hydroxylation is 2. The minimum atomic E-state index is -3.67. The summed E-state index contributed by atoms with van der Waals surface area (Å²) >= 11 is 6.07. The van der Waals surface area contributed by atoms with E-state index in [1.54, 1.807) is 12.1 Å². The lowest BCUT2D eigenvalue weighted by Gasteiger charge is -2.07. The van der Waals surface area contributed by atoms with Gasteiger partial charge in [0, 0.05) is 18.0 Å². The number of primary sulfonamides is 1. The van der Waals surface area contributed by atoms with Crippen molar-refractivity contribution in [2.45, 2.75) is 31.1 Å². The first-order valence-corrected chi connectivity index (χ1v) is 9.81. The third-order valence-electron chi connectivity index (χ3n) is 3.86. The van der Waals surface area contributed by atoms with Gasteiger partial charge in [-0.2, -0.15) is 0 Å². The summed E-state index contributed by atoms with van der Waals surface area (Å²) in [6, 6.07) is 12.1. The molecule has 0 spiro atoms. The van der Waals surface area contributed by atoms with Gasteiger partial charge in [0.15, 0.2) is 0 Å². The number of carbonyl (C=O) groups excluding carboxylic acids is 1. The lowest BCUT2D eigenvalue weighted by atomic mass is 10.1. The van der Waals surface area contributed by atoms with Crippen LogP contribution in [-0.2, 0) is 27.7 Å². The van der Waals surface area contributed by atoms with E-state index in [-0.39, 0.29) is 10.8 Å². The van der Waals surface area contributed by atoms with E-state index < -0.39 is 10.0 Å². The SMILES string of the molecule is Cc1ccc(CCC(=O)NCCc2ccc(S(N)(=O)=O)cc2)cc1Cl. The number of benzene rings is 2. The van der Waals surface area contributed by atoms with Gasteiger partial charge in [0.05, 0.1) is 4.90 Å². The van der Waals surface area contributed by atoms with Crippen LogP contribution in [0.15, 0.2) is 47.4 Å². The number of nitrogens with one attached hydrogen (secondary N) is 1. The molecule has 0 atom stereocenters. The van der Waals surface area contributed by atoms with Crippen LogP contribution in [-0.4, -0.2) is 20.9 Å². The summed E-state index contributed by atoms with van der Waals surface area (Å²) in [6.45, 7) is 2.43. The minimum Gasteiger partial charge on any atom is -0.356 e. The third-order valence-corrected chi connectivity index (χ3v) is 5.20. The number of rotatable bonds is 7. The van der Waals surface area contributed by atoms with E-state index >= 15 is 0 Å². The molecule has 0 fully saturated rings. The van der Waals surface area contributed by atoms with E-state index in [0.29, 0.717) is 30.8 Å². The summed E-state index contributed by atoms with van der Waals surface area (Å²) in [7, 11) is -3.67. The van der Waals surface area contributed by atoms with Crippen molar-refractivity contribution in [2.24, 2.45) is 5.14 Å². The summed E-state index contributed by atoms with van der Waals surface area (Å²) < 4.78 is 22.4. The summed E-state index contributed by atoms with van der Waals surface area (Å²) in [6.07, 6.45) is 1.64. The zero-order chi connectivity index (χ0) is 18.4. The Hall–Kier alpha value is -1.89. The van der Waals surface area contributed by atoms with Gasteiger partial charge in [-0.25, -0.2) is 13.6 Å². The number of sulfonamides is 1. The second kappa shape index (κ2) is 8.47. The molecule has 3 N–H and O–H groups in total. The third kappa shape index (κ3) is 6.16. The summed E-state index contributed by atoms with van der Waals surface area (Å²) in [4.78, 5) is 12.0. The molecule has 0 aliphatic carbocycles. The highest BCUT2D eigenvalue weighted by atomic mass is 35.5. The molecule has 2 aromatic rings. The number of carbonyl (C=O) groups is 1. The predicted molar refractivity (Wildman–Crippen MR) is 99.0 cm³/mol. The number of nitrogens with two attached hydrogens (primary N) is 1. The summed E-state index contributed by atoms with van der Waals surface area (Å²) in [5.74, 6) is -0.0298. The van der Waals surface area contributed by atoms with Crippen molar-refractivity contribution in [1.82, 2.24) is 5.32 Å². The maximum atomic E-state index is 11.9. The molecule has 2 aromatic carbocycles. The predicted octanol–water partition coefficient (Wildman–Crippen LogP) is 2.59. The average Bonchev–Trinajstić information content (AvgIpc) is 2.55. The van der Waals surface area contributed by atoms with Crippen LogP contribution in [0.2, 0.25) is 5.02 Å². The monoisotopic (exact) mass is 380 g/mol. The maximum Gasteiger partial charge on any atom is 0.238 e. The molecule has 0 aromatic heterocycles.